The minimum atomic E-state index is -0.915. The van der Waals surface area contributed by atoms with Crippen LogP contribution in [0.4, 0.5) is 11.4 Å². The maximum atomic E-state index is 12.8. The first kappa shape index (κ1) is 23.8. The maximum Gasteiger partial charge on any atom is 0.337 e. The Bertz CT molecular complexity index is 1040. The van der Waals surface area contributed by atoms with Crippen LogP contribution in [-0.2, 0) is 9.53 Å². The van der Waals surface area contributed by atoms with Gasteiger partial charge in [0.15, 0.2) is 0 Å². The van der Waals surface area contributed by atoms with E-state index in [1.54, 1.807) is 32.9 Å². The molecule has 2 aromatic rings. The molecule has 0 aromatic heterocycles. The molecule has 0 radical (unpaired) electrons. The molecule has 2 N–H and O–H groups in total. The van der Waals surface area contributed by atoms with Crippen molar-refractivity contribution in [2.24, 2.45) is 5.92 Å². The maximum absolute atomic E-state index is 12.8. The number of ether oxygens (including phenoxy) is 1. The topological polar surface area (TPSA) is 128 Å². The van der Waals surface area contributed by atoms with Gasteiger partial charge in [-0.1, -0.05) is 25.4 Å². The summed E-state index contributed by atoms with van der Waals surface area (Å²) in [5.74, 6) is -1.89. The number of anilines is 1. The van der Waals surface area contributed by atoms with Crippen molar-refractivity contribution in [1.29, 1.82) is 0 Å². The van der Waals surface area contributed by atoms with Crippen molar-refractivity contribution in [2.75, 3.05) is 12.4 Å². The molecule has 0 fully saturated rings. The second-order valence-electron chi connectivity index (χ2n) is 7.13. The number of methoxy groups -OCH3 is 1. The van der Waals surface area contributed by atoms with Gasteiger partial charge in [0.05, 0.1) is 17.6 Å². The molecule has 9 nitrogen and oxygen atoms in total. The highest BCUT2D eigenvalue weighted by atomic mass is 35.5. The van der Waals surface area contributed by atoms with E-state index in [-0.39, 0.29) is 16.5 Å². The van der Waals surface area contributed by atoms with Crippen LogP contribution in [0.1, 0.15) is 40.1 Å². The second kappa shape index (κ2) is 10.0. The summed E-state index contributed by atoms with van der Waals surface area (Å²) in [6.45, 7) is 5.22. The molecule has 0 bridgehead atoms. The van der Waals surface area contributed by atoms with Gasteiger partial charge in [-0.15, -0.1) is 0 Å². The molecule has 0 heterocycles. The van der Waals surface area contributed by atoms with Crippen molar-refractivity contribution in [1.82, 2.24) is 5.32 Å². The van der Waals surface area contributed by atoms with E-state index in [9.17, 15) is 24.5 Å². The number of carbonyl (C=O) groups excluding carboxylic acids is 3. The Balaban J connectivity index is 2.20. The number of nitrogens with one attached hydrogen (secondary N) is 2. The van der Waals surface area contributed by atoms with Crippen molar-refractivity contribution in [2.45, 2.75) is 26.8 Å². The summed E-state index contributed by atoms with van der Waals surface area (Å²) in [4.78, 5) is 47.4. The molecular formula is C21H22ClN3O6. The fourth-order valence-electron chi connectivity index (χ4n) is 2.81. The van der Waals surface area contributed by atoms with Gasteiger partial charge in [0.2, 0.25) is 5.91 Å². The number of hydrogen-bond acceptors (Lipinski definition) is 6. The van der Waals surface area contributed by atoms with Gasteiger partial charge in [-0.25, -0.2) is 4.79 Å². The van der Waals surface area contributed by atoms with Gasteiger partial charge < -0.3 is 15.4 Å². The standard InChI is InChI=1S/C21H22ClN3O6/c1-11(2)18(24-19(26)13-5-7-15(22)17(10-13)25(29)30)20(27)23-16-8-6-14(9-12(16)3)21(28)31-4/h5-11,18H,1-4H3,(H,23,27)(H,24,26). The van der Waals surface area contributed by atoms with Crippen molar-refractivity contribution >= 4 is 40.8 Å². The Hall–Kier alpha value is -3.46. The van der Waals surface area contributed by atoms with E-state index in [1.807, 2.05) is 0 Å². The van der Waals surface area contributed by atoms with Crippen molar-refractivity contribution < 1.29 is 24.0 Å². The van der Waals surface area contributed by atoms with E-state index >= 15 is 0 Å². The average Bonchev–Trinajstić information content (AvgIpc) is 2.72. The van der Waals surface area contributed by atoms with Crippen LogP contribution < -0.4 is 10.6 Å². The van der Waals surface area contributed by atoms with Gasteiger partial charge in [-0.3, -0.25) is 19.7 Å². The minimum absolute atomic E-state index is 0.00756. The van der Waals surface area contributed by atoms with Gasteiger partial charge in [0.25, 0.3) is 11.6 Å². The number of halogens is 1. The second-order valence-corrected chi connectivity index (χ2v) is 7.54. The molecule has 0 saturated heterocycles. The molecule has 31 heavy (non-hydrogen) atoms. The number of aryl methyl sites for hydroxylation is 1. The summed E-state index contributed by atoms with van der Waals surface area (Å²) in [5.41, 5.74) is 1.06. The Morgan fingerprint density at radius 2 is 1.74 bits per heavy atom. The lowest BCUT2D eigenvalue weighted by Crippen LogP contribution is -2.47. The first-order chi connectivity index (χ1) is 14.5. The van der Waals surface area contributed by atoms with E-state index in [4.69, 9.17) is 11.6 Å². The van der Waals surface area contributed by atoms with E-state index < -0.39 is 34.4 Å². The summed E-state index contributed by atoms with van der Waals surface area (Å²) < 4.78 is 4.67. The van der Waals surface area contributed by atoms with Crippen LogP contribution in [0.3, 0.4) is 0 Å². The van der Waals surface area contributed by atoms with Gasteiger partial charge in [-0.05, 0) is 48.7 Å². The number of rotatable bonds is 7. The van der Waals surface area contributed by atoms with Gasteiger partial charge >= 0.3 is 5.97 Å². The summed E-state index contributed by atoms with van der Waals surface area (Å²) in [5, 5.41) is 16.3. The predicted molar refractivity (Wildman–Crippen MR) is 115 cm³/mol. The smallest absolute Gasteiger partial charge is 0.337 e. The van der Waals surface area contributed by atoms with Crippen molar-refractivity contribution in [3.8, 4) is 0 Å². The molecule has 0 spiro atoms. The number of esters is 1. The van der Waals surface area contributed by atoms with Crippen LogP contribution in [0.25, 0.3) is 0 Å². The van der Waals surface area contributed by atoms with Crippen LogP contribution in [0, 0.1) is 23.0 Å². The fraction of sp³-hybridized carbons (Fsp3) is 0.286. The van der Waals surface area contributed by atoms with Gasteiger partial charge in [0, 0.05) is 17.3 Å². The van der Waals surface area contributed by atoms with Crippen molar-refractivity contribution in [3.63, 3.8) is 0 Å². The molecule has 0 saturated carbocycles. The largest absolute Gasteiger partial charge is 0.465 e. The average molecular weight is 448 g/mol. The summed E-state index contributed by atoms with van der Waals surface area (Å²) in [7, 11) is 1.28. The molecule has 0 aliphatic rings. The molecule has 2 aromatic carbocycles. The first-order valence-corrected chi connectivity index (χ1v) is 9.67. The van der Waals surface area contributed by atoms with Gasteiger partial charge in [-0.2, -0.15) is 0 Å². The summed E-state index contributed by atoms with van der Waals surface area (Å²) in [6, 6.07) is 7.41. The number of amides is 2. The third-order valence-corrected chi connectivity index (χ3v) is 4.87. The molecule has 0 aliphatic carbocycles. The highest BCUT2D eigenvalue weighted by Crippen LogP contribution is 2.25. The quantitative estimate of drug-likeness (QED) is 0.378. The van der Waals surface area contributed by atoms with Crippen LogP contribution in [0.5, 0.6) is 0 Å². The molecule has 1 unspecified atom stereocenters. The fourth-order valence-corrected chi connectivity index (χ4v) is 3.00. The molecule has 2 rings (SSSR count). The predicted octanol–water partition coefficient (Wildman–Crippen LogP) is 3.74. The van der Waals surface area contributed by atoms with E-state index in [2.05, 4.69) is 15.4 Å². The van der Waals surface area contributed by atoms with Crippen LogP contribution in [0.2, 0.25) is 5.02 Å². The lowest BCUT2D eigenvalue weighted by atomic mass is 10.0. The Kier molecular flexibility index (Phi) is 7.71. The number of carbonyl (C=O) groups is 3. The highest BCUT2D eigenvalue weighted by molar-refractivity contribution is 6.32. The highest BCUT2D eigenvalue weighted by Gasteiger charge is 2.26. The zero-order valence-corrected chi connectivity index (χ0v) is 18.1. The molecule has 2 amide bonds. The monoisotopic (exact) mass is 447 g/mol. The Labute approximate surface area is 183 Å². The van der Waals surface area contributed by atoms with Crippen LogP contribution >= 0.6 is 11.6 Å². The molecule has 10 heteroatoms. The normalized spacial score (nSPS) is 11.5. The number of nitro benzene ring substituents is 1. The van der Waals surface area contributed by atoms with E-state index in [0.29, 0.717) is 16.8 Å². The van der Waals surface area contributed by atoms with E-state index in [0.717, 1.165) is 6.07 Å². The Morgan fingerprint density at radius 3 is 2.29 bits per heavy atom. The molecular weight excluding hydrogens is 426 g/mol. The zero-order valence-electron chi connectivity index (χ0n) is 17.4. The number of nitrogens with zero attached hydrogens (tertiary/aromatic N) is 1. The third-order valence-electron chi connectivity index (χ3n) is 4.55. The van der Waals surface area contributed by atoms with E-state index in [1.165, 1.54) is 25.3 Å². The third kappa shape index (κ3) is 5.79. The van der Waals surface area contributed by atoms with Crippen molar-refractivity contribution in [3.05, 3.63) is 68.2 Å². The number of benzene rings is 2. The molecule has 0 aliphatic heterocycles. The minimum Gasteiger partial charge on any atom is -0.465 e. The number of nitro groups is 1. The summed E-state index contributed by atoms with van der Waals surface area (Å²) >= 11 is 5.78. The number of hydrogen-bond donors (Lipinski definition) is 2. The lowest BCUT2D eigenvalue weighted by Gasteiger charge is -2.22. The summed E-state index contributed by atoms with van der Waals surface area (Å²) in [6.07, 6.45) is 0. The van der Waals surface area contributed by atoms with Crippen LogP contribution in [0.15, 0.2) is 36.4 Å². The SMILES string of the molecule is COC(=O)c1ccc(NC(=O)C(NC(=O)c2ccc(Cl)c([N+](=O)[O-])c2)C(C)C)c(C)c1. The molecule has 1 atom stereocenters. The van der Waals surface area contributed by atoms with Gasteiger partial charge in [0.1, 0.15) is 11.1 Å². The molecule has 164 valence electrons. The zero-order chi connectivity index (χ0) is 23.3. The lowest BCUT2D eigenvalue weighted by molar-refractivity contribution is -0.384. The van der Waals surface area contributed by atoms with Crippen LogP contribution in [-0.4, -0.2) is 35.9 Å². The Morgan fingerprint density at radius 1 is 1.10 bits per heavy atom. The first-order valence-electron chi connectivity index (χ1n) is 9.29.